The van der Waals surface area contributed by atoms with E-state index in [-0.39, 0.29) is 17.5 Å². The van der Waals surface area contributed by atoms with Crippen molar-refractivity contribution in [3.05, 3.63) is 34.6 Å². The van der Waals surface area contributed by atoms with Crippen molar-refractivity contribution in [2.75, 3.05) is 19.6 Å². The number of nitrogens with one attached hydrogen (secondary N) is 1. The first kappa shape index (κ1) is 14.3. The van der Waals surface area contributed by atoms with Gasteiger partial charge in [-0.3, -0.25) is 9.69 Å². The van der Waals surface area contributed by atoms with Gasteiger partial charge in [-0.2, -0.15) is 0 Å². The Kier molecular flexibility index (Phi) is 4.77. The SMILES string of the molecule is C[C@@H](CNC(=O)c1ccc(Cl)cc1F)N1CCCC1. The summed E-state index contributed by atoms with van der Waals surface area (Å²) in [6.07, 6.45) is 2.42. The van der Waals surface area contributed by atoms with E-state index in [9.17, 15) is 9.18 Å². The van der Waals surface area contributed by atoms with E-state index < -0.39 is 5.82 Å². The summed E-state index contributed by atoms with van der Waals surface area (Å²) in [6, 6.07) is 4.36. The van der Waals surface area contributed by atoms with E-state index in [1.54, 1.807) is 0 Å². The number of rotatable bonds is 4. The van der Waals surface area contributed by atoms with Crippen LogP contribution in [0.25, 0.3) is 0 Å². The normalized spacial score (nSPS) is 17.4. The molecule has 1 aliphatic heterocycles. The number of hydrogen-bond acceptors (Lipinski definition) is 2. The molecule has 1 fully saturated rings. The molecule has 1 atom stereocenters. The molecule has 2 rings (SSSR count). The number of carbonyl (C=O) groups excluding carboxylic acids is 1. The third-order valence-electron chi connectivity index (χ3n) is 3.50. The van der Waals surface area contributed by atoms with Crippen molar-refractivity contribution in [3.8, 4) is 0 Å². The van der Waals surface area contributed by atoms with E-state index in [2.05, 4.69) is 17.1 Å². The van der Waals surface area contributed by atoms with Gasteiger partial charge in [0, 0.05) is 17.6 Å². The molecule has 1 aliphatic rings. The predicted molar refractivity (Wildman–Crippen MR) is 74.0 cm³/mol. The van der Waals surface area contributed by atoms with Crippen LogP contribution in [0.2, 0.25) is 5.02 Å². The molecule has 1 aromatic carbocycles. The molecule has 0 bridgehead atoms. The summed E-state index contributed by atoms with van der Waals surface area (Å²) in [7, 11) is 0. The second kappa shape index (κ2) is 6.35. The topological polar surface area (TPSA) is 32.3 Å². The molecule has 0 radical (unpaired) electrons. The van der Waals surface area contributed by atoms with Gasteiger partial charge in [-0.05, 0) is 51.1 Å². The molecule has 0 aromatic heterocycles. The lowest BCUT2D eigenvalue weighted by Gasteiger charge is -2.23. The van der Waals surface area contributed by atoms with Crippen LogP contribution in [0.1, 0.15) is 30.1 Å². The van der Waals surface area contributed by atoms with Crippen LogP contribution in [0.15, 0.2) is 18.2 Å². The molecule has 0 saturated carbocycles. The number of benzene rings is 1. The first-order valence-corrected chi connectivity index (χ1v) is 6.93. The van der Waals surface area contributed by atoms with Gasteiger partial charge in [-0.25, -0.2) is 4.39 Å². The summed E-state index contributed by atoms with van der Waals surface area (Å²) in [6.45, 7) is 4.75. The highest BCUT2D eigenvalue weighted by Gasteiger charge is 2.19. The van der Waals surface area contributed by atoms with Gasteiger partial charge in [0.05, 0.1) is 5.56 Å². The minimum atomic E-state index is -0.584. The molecule has 104 valence electrons. The summed E-state index contributed by atoms with van der Waals surface area (Å²) in [5.41, 5.74) is 0.0398. The fourth-order valence-electron chi connectivity index (χ4n) is 2.32. The van der Waals surface area contributed by atoms with E-state index in [1.807, 2.05) is 0 Å². The van der Waals surface area contributed by atoms with Gasteiger partial charge in [-0.15, -0.1) is 0 Å². The molecule has 5 heteroatoms. The Hall–Kier alpha value is -1.13. The Morgan fingerprint density at radius 2 is 2.16 bits per heavy atom. The summed E-state index contributed by atoms with van der Waals surface area (Å²) in [5, 5.41) is 3.06. The molecule has 1 heterocycles. The Morgan fingerprint density at radius 1 is 1.47 bits per heavy atom. The molecular formula is C14H18ClFN2O. The number of likely N-dealkylation sites (tertiary alicyclic amines) is 1. The Bertz CT molecular complexity index is 461. The Balaban J connectivity index is 1.90. The van der Waals surface area contributed by atoms with Crippen LogP contribution in [0.5, 0.6) is 0 Å². The van der Waals surface area contributed by atoms with Gasteiger partial charge in [0.2, 0.25) is 0 Å². The van der Waals surface area contributed by atoms with Crippen molar-refractivity contribution in [1.29, 1.82) is 0 Å². The highest BCUT2D eigenvalue weighted by molar-refractivity contribution is 6.30. The van der Waals surface area contributed by atoms with Crippen molar-refractivity contribution < 1.29 is 9.18 Å². The predicted octanol–water partition coefficient (Wildman–Crippen LogP) is 2.69. The number of carbonyl (C=O) groups is 1. The van der Waals surface area contributed by atoms with Crippen LogP contribution in [0, 0.1) is 5.82 Å². The zero-order chi connectivity index (χ0) is 13.8. The first-order chi connectivity index (χ1) is 9.08. The lowest BCUT2D eigenvalue weighted by atomic mass is 10.2. The maximum atomic E-state index is 13.6. The smallest absolute Gasteiger partial charge is 0.254 e. The second-order valence-corrected chi connectivity index (χ2v) is 5.36. The zero-order valence-electron chi connectivity index (χ0n) is 11.0. The molecule has 1 aromatic rings. The average Bonchev–Trinajstić information content (AvgIpc) is 2.89. The molecule has 0 unspecified atom stereocenters. The van der Waals surface area contributed by atoms with Gasteiger partial charge in [0.1, 0.15) is 5.82 Å². The molecule has 1 amide bonds. The molecule has 0 spiro atoms. The van der Waals surface area contributed by atoms with Crippen LogP contribution in [0.3, 0.4) is 0 Å². The monoisotopic (exact) mass is 284 g/mol. The third kappa shape index (κ3) is 3.67. The van der Waals surface area contributed by atoms with Gasteiger partial charge >= 0.3 is 0 Å². The maximum Gasteiger partial charge on any atom is 0.254 e. The van der Waals surface area contributed by atoms with Gasteiger partial charge in [0.25, 0.3) is 5.91 Å². The summed E-state index contributed by atoms with van der Waals surface area (Å²) < 4.78 is 13.6. The van der Waals surface area contributed by atoms with Crippen LogP contribution in [-0.2, 0) is 0 Å². The van der Waals surface area contributed by atoms with Crippen molar-refractivity contribution in [1.82, 2.24) is 10.2 Å². The Morgan fingerprint density at radius 3 is 2.79 bits per heavy atom. The van der Waals surface area contributed by atoms with Crippen LogP contribution in [-0.4, -0.2) is 36.5 Å². The second-order valence-electron chi connectivity index (χ2n) is 4.93. The summed E-state index contributed by atoms with van der Waals surface area (Å²) in [4.78, 5) is 14.2. The van der Waals surface area contributed by atoms with E-state index in [0.717, 1.165) is 19.2 Å². The minimum absolute atomic E-state index is 0.0398. The quantitative estimate of drug-likeness (QED) is 0.922. The average molecular weight is 285 g/mol. The van der Waals surface area contributed by atoms with Gasteiger partial charge < -0.3 is 5.32 Å². The van der Waals surface area contributed by atoms with E-state index in [0.29, 0.717) is 11.6 Å². The van der Waals surface area contributed by atoms with E-state index >= 15 is 0 Å². The lowest BCUT2D eigenvalue weighted by Crippen LogP contribution is -2.40. The zero-order valence-corrected chi connectivity index (χ0v) is 11.7. The summed E-state index contributed by atoms with van der Waals surface area (Å²) >= 11 is 5.66. The molecule has 3 nitrogen and oxygen atoms in total. The van der Waals surface area contributed by atoms with Gasteiger partial charge in [-0.1, -0.05) is 11.6 Å². The van der Waals surface area contributed by atoms with Crippen molar-refractivity contribution in [2.45, 2.75) is 25.8 Å². The molecule has 19 heavy (non-hydrogen) atoms. The largest absolute Gasteiger partial charge is 0.350 e. The van der Waals surface area contributed by atoms with Crippen molar-refractivity contribution in [3.63, 3.8) is 0 Å². The fraction of sp³-hybridized carbons (Fsp3) is 0.500. The molecule has 0 aliphatic carbocycles. The third-order valence-corrected chi connectivity index (χ3v) is 3.73. The van der Waals surface area contributed by atoms with Gasteiger partial charge in [0.15, 0.2) is 0 Å². The number of nitrogens with zero attached hydrogens (tertiary/aromatic N) is 1. The fourth-order valence-corrected chi connectivity index (χ4v) is 2.48. The molecule has 1 saturated heterocycles. The van der Waals surface area contributed by atoms with E-state index in [1.165, 1.54) is 25.0 Å². The standard InChI is InChI=1S/C14H18ClFN2O/c1-10(18-6-2-3-7-18)9-17-14(19)12-5-4-11(15)8-13(12)16/h4-5,8,10H,2-3,6-7,9H2,1H3,(H,17,19)/t10-/m0/s1. The van der Waals surface area contributed by atoms with Crippen LogP contribution < -0.4 is 5.32 Å². The maximum absolute atomic E-state index is 13.6. The Labute approximate surface area is 117 Å². The van der Waals surface area contributed by atoms with Crippen LogP contribution >= 0.6 is 11.6 Å². The van der Waals surface area contributed by atoms with Crippen molar-refractivity contribution in [2.24, 2.45) is 0 Å². The van der Waals surface area contributed by atoms with Crippen molar-refractivity contribution >= 4 is 17.5 Å². The number of amides is 1. The van der Waals surface area contributed by atoms with Crippen LogP contribution in [0.4, 0.5) is 4.39 Å². The molecule has 1 N–H and O–H groups in total. The summed E-state index contributed by atoms with van der Waals surface area (Å²) in [5.74, 6) is -0.973. The highest BCUT2D eigenvalue weighted by Crippen LogP contribution is 2.15. The molecular weight excluding hydrogens is 267 g/mol. The minimum Gasteiger partial charge on any atom is -0.350 e. The highest BCUT2D eigenvalue weighted by atomic mass is 35.5. The van der Waals surface area contributed by atoms with E-state index in [4.69, 9.17) is 11.6 Å². The number of halogens is 2. The lowest BCUT2D eigenvalue weighted by molar-refractivity contribution is 0.0936. The number of hydrogen-bond donors (Lipinski definition) is 1. The first-order valence-electron chi connectivity index (χ1n) is 6.55.